The highest BCUT2D eigenvalue weighted by atomic mass is 35.5. The van der Waals surface area contributed by atoms with Gasteiger partial charge in [-0.1, -0.05) is 19.3 Å². The monoisotopic (exact) mass is 409 g/mol. The molecule has 0 spiro atoms. The number of aromatic nitrogens is 2. The summed E-state index contributed by atoms with van der Waals surface area (Å²) >= 11 is 1.61. The minimum absolute atomic E-state index is 0. The van der Waals surface area contributed by atoms with Gasteiger partial charge in [-0.15, -0.1) is 23.7 Å². The Balaban J connectivity index is 0.00000210. The number of amides is 1. The summed E-state index contributed by atoms with van der Waals surface area (Å²) in [5, 5.41) is 6.34. The Labute approximate surface area is 170 Å². The third-order valence-corrected chi connectivity index (χ3v) is 6.69. The van der Waals surface area contributed by atoms with E-state index in [2.05, 4.69) is 20.2 Å². The van der Waals surface area contributed by atoms with Crippen LogP contribution in [0.5, 0.6) is 0 Å². The lowest BCUT2D eigenvalue weighted by molar-refractivity contribution is -0.123. The van der Waals surface area contributed by atoms with Crippen molar-refractivity contribution in [3.63, 3.8) is 0 Å². The predicted octanol–water partition coefficient (Wildman–Crippen LogP) is 3.11. The van der Waals surface area contributed by atoms with E-state index in [-0.39, 0.29) is 30.4 Å². The first kappa shape index (κ1) is 20.3. The number of nitrogens with zero attached hydrogens (tertiary/aromatic N) is 3. The first-order valence-electron chi connectivity index (χ1n) is 9.73. The maximum Gasteiger partial charge on any atom is 0.243 e. The summed E-state index contributed by atoms with van der Waals surface area (Å²) in [5.41, 5.74) is 6.01. The Hall–Kier alpha value is -1.44. The zero-order valence-corrected chi connectivity index (χ0v) is 17.1. The molecule has 6 nitrogen and oxygen atoms in total. The number of hydrogen-bond acceptors (Lipinski definition) is 6. The molecule has 2 aromatic rings. The van der Waals surface area contributed by atoms with Crippen molar-refractivity contribution in [2.24, 2.45) is 11.7 Å². The topological polar surface area (TPSA) is 84.1 Å². The number of nitrogens with two attached hydrogens (primary N) is 1. The zero-order chi connectivity index (χ0) is 17.9. The van der Waals surface area contributed by atoms with Crippen molar-refractivity contribution >= 4 is 45.7 Å². The fourth-order valence-electron chi connectivity index (χ4n) is 4.48. The standard InChI is InChI=1S/C19H27N5OS.ClH/c20-11-15(13-5-2-1-3-6-13)23-18(25)16-7-4-9-24(16)17-14-8-10-26-19(14)22-12-21-17;/h8,10,12-13,15-16H,1-7,9,11,20H2,(H,23,25);1H. The predicted molar refractivity (Wildman–Crippen MR) is 113 cm³/mol. The van der Waals surface area contributed by atoms with Crippen LogP contribution in [0.2, 0.25) is 0 Å². The molecule has 0 bridgehead atoms. The van der Waals surface area contributed by atoms with E-state index in [1.54, 1.807) is 17.7 Å². The lowest BCUT2D eigenvalue weighted by Gasteiger charge is -2.32. The van der Waals surface area contributed by atoms with Crippen LogP contribution in [0.1, 0.15) is 44.9 Å². The van der Waals surface area contributed by atoms with Crippen LogP contribution >= 0.6 is 23.7 Å². The van der Waals surface area contributed by atoms with E-state index in [0.29, 0.717) is 12.5 Å². The molecule has 2 fully saturated rings. The van der Waals surface area contributed by atoms with Gasteiger partial charge < -0.3 is 16.0 Å². The first-order chi connectivity index (χ1) is 12.8. The fourth-order valence-corrected chi connectivity index (χ4v) is 5.21. The molecule has 1 saturated heterocycles. The summed E-state index contributed by atoms with van der Waals surface area (Å²) in [4.78, 5) is 25.0. The van der Waals surface area contributed by atoms with Crippen molar-refractivity contribution < 1.29 is 4.79 Å². The van der Waals surface area contributed by atoms with Gasteiger partial charge in [-0.25, -0.2) is 9.97 Å². The van der Waals surface area contributed by atoms with Crippen molar-refractivity contribution in [2.75, 3.05) is 18.0 Å². The van der Waals surface area contributed by atoms with E-state index in [0.717, 1.165) is 35.4 Å². The zero-order valence-electron chi connectivity index (χ0n) is 15.5. The maximum atomic E-state index is 13.1. The smallest absolute Gasteiger partial charge is 0.243 e. The largest absolute Gasteiger partial charge is 0.350 e. The summed E-state index contributed by atoms with van der Waals surface area (Å²) in [6, 6.07) is 1.98. The summed E-state index contributed by atoms with van der Waals surface area (Å²) in [7, 11) is 0. The summed E-state index contributed by atoms with van der Waals surface area (Å²) in [6.07, 6.45) is 9.64. The highest BCUT2D eigenvalue weighted by Crippen LogP contribution is 2.32. The molecule has 27 heavy (non-hydrogen) atoms. The number of halogens is 1. The van der Waals surface area contributed by atoms with Gasteiger partial charge in [-0.2, -0.15) is 0 Å². The third-order valence-electron chi connectivity index (χ3n) is 5.87. The van der Waals surface area contributed by atoms with E-state index in [4.69, 9.17) is 5.73 Å². The molecule has 2 unspecified atom stereocenters. The van der Waals surface area contributed by atoms with Crippen molar-refractivity contribution in [1.82, 2.24) is 15.3 Å². The van der Waals surface area contributed by atoms with E-state index in [1.165, 1.54) is 32.1 Å². The van der Waals surface area contributed by atoms with Gasteiger partial charge in [0.1, 0.15) is 23.0 Å². The Kier molecular flexibility index (Phi) is 6.89. The van der Waals surface area contributed by atoms with Crippen LogP contribution in [0.25, 0.3) is 10.2 Å². The minimum atomic E-state index is -0.161. The highest BCUT2D eigenvalue weighted by Gasteiger charge is 2.34. The average molecular weight is 410 g/mol. The Morgan fingerprint density at radius 3 is 2.85 bits per heavy atom. The fraction of sp³-hybridized carbons (Fsp3) is 0.632. The lowest BCUT2D eigenvalue weighted by atomic mass is 9.84. The molecule has 2 aromatic heterocycles. The number of rotatable bonds is 5. The molecule has 148 valence electrons. The number of carbonyl (C=O) groups is 1. The third kappa shape index (κ3) is 4.20. The van der Waals surface area contributed by atoms with Gasteiger partial charge in [0.15, 0.2) is 0 Å². The Morgan fingerprint density at radius 1 is 1.26 bits per heavy atom. The van der Waals surface area contributed by atoms with Crippen molar-refractivity contribution in [2.45, 2.75) is 57.0 Å². The van der Waals surface area contributed by atoms with Crippen molar-refractivity contribution in [3.05, 3.63) is 17.8 Å². The second-order valence-electron chi connectivity index (χ2n) is 7.44. The van der Waals surface area contributed by atoms with Crippen molar-refractivity contribution in [1.29, 1.82) is 0 Å². The Morgan fingerprint density at radius 2 is 2.07 bits per heavy atom. The van der Waals surface area contributed by atoms with Gasteiger partial charge in [0, 0.05) is 19.1 Å². The molecule has 4 rings (SSSR count). The van der Waals surface area contributed by atoms with E-state index < -0.39 is 0 Å². The van der Waals surface area contributed by atoms with Crippen LogP contribution in [-0.4, -0.2) is 41.0 Å². The number of thiophene rings is 1. The van der Waals surface area contributed by atoms with Crippen LogP contribution < -0.4 is 16.0 Å². The molecule has 1 aliphatic heterocycles. The van der Waals surface area contributed by atoms with Crippen LogP contribution in [-0.2, 0) is 4.79 Å². The minimum Gasteiger partial charge on any atom is -0.350 e. The van der Waals surface area contributed by atoms with E-state index >= 15 is 0 Å². The van der Waals surface area contributed by atoms with Crippen LogP contribution in [0.3, 0.4) is 0 Å². The number of nitrogens with one attached hydrogen (secondary N) is 1. The molecule has 2 aliphatic rings. The van der Waals surface area contributed by atoms with E-state index in [1.807, 2.05) is 11.4 Å². The van der Waals surface area contributed by atoms with Gasteiger partial charge in [-0.3, -0.25) is 4.79 Å². The van der Waals surface area contributed by atoms with Crippen LogP contribution in [0, 0.1) is 5.92 Å². The molecule has 3 N–H and O–H groups in total. The summed E-state index contributed by atoms with van der Waals surface area (Å²) in [5.74, 6) is 1.51. The number of fused-ring (bicyclic) bond motifs is 1. The van der Waals surface area contributed by atoms with E-state index in [9.17, 15) is 4.79 Å². The maximum absolute atomic E-state index is 13.1. The van der Waals surface area contributed by atoms with Gasteiger partial charge in [0.05, 0.1) is 5.39 Å². The highest BCUT2D eigenvalue weighted by molar-refractivity contribution is 7.16. The van der Waals surface area contributed by atoms with Gasteiger partial charge in [0.25, 0.3) is 0 Å². The molecule has 1 amide bonds. The van der Waals surface area contributed by atoms with Crippen molar-refractivity contribution in [3.8, 4) is 0 Å². The quantitative estimate of drug-likeness (QED) is 0.792. The second kappa shape index (κ2) is 9.17. The van der Waals surface area contributed by atoms with Gasteiger partial charge in [-0.05, 0) is 43.0 Å². The SMILES string of the molecule is Cl.NCC(NC(=O)C1CCCN1c1ncnc2sccc12)C1CCCCC1. The summed E-state index contributed by atoms with van der Waals surface area (Å²) in [6.45, 7) is 1.38. The Bertz CT molecular complexity index is 763. The second-order valence-corrected chi connectivity index (χ2v) is 8.33. The molecule has 2 atom stereocenters. The normalized spacial score (nSPS) is 21.8. The molecular formula is C19H28ClN5OS. The molecule has 1 aliphatic carbocycles. The van der Waals surface area contributed by atoms with Gasteiger partial charge in [0.2, 0.25) is 5.91 Å². The number of hydrogen-bond donors (Lipinski definition) is 2. The number of carbonyl (C=O) groups excluding carboxylic acids is 1. The molecule has 8 heteroatoms. The van der Waals surface area contributed by atoms with Crippen LogP contribution in [0.15, 0.2) is 17.8 Å². The summed E-state index contributed by atoms with van der Waals surface area (Å²) < 4.78 is 0. The molecule has 1 saturated carbocycles. The van der Waals surface area contributed by atoms with Crippen LogP contribution in [0.4, 0.5) is 5.82 Å². The molecule has 0 aromatic carbocycles. The molecule has 3 heterocycles. The molecular weight excluding hydrogens is 382 g/mol. The first-order valence-corrected chi connectivity index (χ1v) is 10.6. The van der Waals surface area contributed by atoms with Gasteiger partial charge >= 0.3 is 0 Å². The lowest BCUT2D eigenvalue weighted by Crippen LogP contribution is -2.52. The number of anilines is 1. The molecule has 0 radical (unpaired) electrons. The average Bonchev–Trinajstić information content (AvgIpc) is 3.35.